The Morgan fingerprint density at radius 1 is 1.12 bits per heavy atom. The molecule has 0 amide bonds. The Morgan fingerprint density at radius 3 is 1.62 bits per heavy atom. The maximum Gasteiger partial charge on any atom is 0.213 e. The Kier molecular flexibility index (Phi) is 2.15. The van der Waals surface area contributed by atoms with Crippen LogP contribution in [0, 0.1) is 13.8 Å². The summed E-state index contributed by atoms with van der Waals surface area (Å²) in [7, 11) is 0. The Bertz CT molecular complexity index is 144. The fourth-order valence-corrected chi connectivity index (χ4v) is 0.395. The third kappa shape index (κ3) is 1.31. The lowest BCUT2D eigenvalue weighted by atomic mass is 10.8. The van der Waals surface area contributed by atoms with E-state index in [2.05, 4.69) is 10.2 Å². The smallest absolute Gasteiger partial charge is 0.213 e. The molecule has 0 atom stereocenters. The van der Waals surface area contributed by atoms with E-state index in [0.717, 1.165) is 0 Å². The minimum atomic E-state index is 0. The van der Waals surface area contributed by atoms with Crippen LogP contribution in [0.15, 0.2) is 4.42 Å². The molecule has 1 aromatic rings. The number of nitrogens with zero attached hydrogens (tertiary/aromatic N) is 2. The third-order valence-electron chi connectivity index (χ3n) is 0.627. The maximum atomic E-state index is 4.86. The Morgan fingerprint density at radius 2 is 1.50 bits per heavy atom. The van der Waals surface area contributed by atoms with Crippen molar-refractivity contribution in [1.29, 1.82) is 0 Å². The molecule has 0 bridgehead atoms. The van der Waals surface area contributed by atoms with Crippen molar-refractivity contribution in [3.63, 3.8) is 0 Å². The topological polar surface area (TPSA) is 73.9 Å². The molecule has 0 saturated heterocycles. The van der Waals surface area contributed by atoms with E-state index in [1.807, 2.05) is 0 Å². The molecule has 4 nitrogen and oxygen atoms in total. The number of hydrogen-bond acceptors (Lipinski definition) is 4. The summed E-state index contributed by atoms with van der Waals surface area (Å²) in [6, 6.07) is 0. The van der Waals surface area contributed by atoms with E-state index in [1.54, 1.807) is 13.8 Å². The summed E-state index contributed by atoms with van der Waals surface area (Å²) >= 11 is 0. The van der Waals surface area contributed by atoms with Crippen LogP contribution in [0.3, 0.4) is 0 Å². The number of aryl methyl sites for hydroxylation is 2. The van der Waals surface area contributed by atoms with E-state index in [1.165, 1.54) is 0 Å². The summed E-state index contributed by atoms with van der Waals surface area (Å²) in [6.07, 6.45) is 0. The fourth-order valence-electron chi connectivity index (χ4n) is 0.395. The van der Waals surface area contributed by atoms with E-state index in [-0.39, 0.29) is 6.15 Å². The van der Waals surface area contributed by atoms with Crippen LogP contribution in [0.25, 0.3) is 0 Å². The highest BCUT2D eigenvalue weighted by Crippen LogP contribution is 1.92. The van der Waals surface area contributed by atoms with Crippen molar-refractivity contribution in [2.45, 2.75) is 13.8 Å². The van der Waals surface area contributed by atoms with Gasteiger partial charge in [0.15, 0.2) is 0 Å². The van der Waals surface area contributed by atoms with E-state index in [4.69, 9.17) is 4.42 Å². The first kappa shape index (κ1) is 7.10. The van der Waals surface area contributed by atoms with E-state index in [9.17, 15) is 0 Å². The fraction of sp³-hybridized carbons (Fsp3) is 0.500. The van der Waals surface area contributed by atoms with Crippen molar-refractivity contribution >= 4 is 0 Å². The largest absolute Gasteiger partial charge is 0.426 e. The normalized spacial score (nSPS) is 8.25. The van der Waals surface area contributed by atoms with E-state index < -0.39 is 0 Å². The molecule has 0 radical (unpaired) electrons. The SMILES string of the molecule is Cc1nnc(C)o1.N. The number of rotatable bonds is 0. The van der Waals surface area contributed by atoms with Crippen molar-refractivity contribution in [3.05, 3.63) is 11.8 Å². The Hall–Kier alpha value is -0.900. The van der Waals surface area contributed by atoms with Gasteiger partial charge in [0, 0.05) is 13.8 Å². The van der Waals surface area contributed by atoms with Crippen LogP contribution in [0.1, 0.15) is 11.8 Å². The highest BCUT2D eigenvalue weighted by atomic mass is 16.4. The quantitative estimate of drug-likeness (QED) is 0.543. The highest BCUT2D eigenvalue weighted by molar-refractivity contribution is 4.72. The summed E-state index contributed by atoms with van der Waals surface area (Å²) in [5, 5.41) is 7.20. The van der Waals surface area contributed by atoms with Crippen LogP contribution in [-0.4, -0.2) is 10.2 Å². The zero-order valence-corrected chi connectivity index (χ0v) is 5.01. The second-order valence-corrected chi connectivity index (χ2v) is 1.34. The van der Waals surface area contributed by atoms with Crippen molar-refractivity contribution < 1.29 is 4.42 Å². The maximum absolute atomic E-state index is 4.86. The predicted octanol–water partition coefficient (Wildman–Crippen LogP) is 0.848. The molecule has 0 unspecified atom stereocenters. The highest BCUT2D eigenvalue weighted by Gasteiger charge is 1.89. The monoisotopic (exact) mass is 115 g/mol. The standard InChI is InChI=1S/C4H6N2O.H3N/c1-3-5-6-4(2)7-3;/h1-2H3;1H3. The van der Waals surface area contributed by atoms with Gasteiger partial charge in [0.05, 0.1) is 0 Å². The first-order valence-corrected chi connectivity index (χ1v) is 2.06. The summed E-state index contributed by atoms with van der Waals surface area (Å²) in [5.74, 6) is 1.25. The molecule has 8 heavy (non-hydrogen) atoms. The summed E-state index contributed by atoms with van der Waals surface area (Å²) in [6.45, 7) is 3.53. The van der Waals surface area contributed by atoms with Gasteiger partial charge in [-0.15, -0.1) is 10.2 Å². The van der Waals surface area contributed by atoms with E-state index in [0.29, 0.717) is 11.8 Å². The van der Waals surface area contributed by atoms with Gasteiger partial charge in [-0.1, -0.05) is 0 Å². The predicted molar refractivity (Wildman–Crippen MR) is 28.8 cm³/mol. The van der Waals surface area contributed by atoms with Gasteiger partial charge in [-0.3, -0.25) is 0 Å². The van der Waals surface area contributed by atoms with Gasteiger partial charge in [0.2, 0.25) is 11.8 Å². The zero-order valence-electron chi connectivity index (χ0n) is 5.01. The molecule has 0 aliphatic heterocycles. The average Bonchev–Trinajstić information content (AvgIpc) is 1.87. The first-order valence-electron chi connectivity index (χ1n) is 2.06. The van der Waals surface area contributed by atoms with Gasteiger partial charge in [-0.05, 0) is 0 Å². The summed E-state index contributed by atoms with van der Waals surface area (Å²) in [4.78, 5) is 0. The third-order valence-corrected chi connectivity index (χ3v) is 0.627. The van der Waals surface area contributed by atoms with Crippen LogP contribution < -0.4 is 6.15 Å². The molecule has 0 fully saturated rings. The van der Waals surface area contributed by atoms with Crippen molar-refractivity contribution in [2.75, 3.05) is 0 Å². The molecule has 0 saturated carbocycles. The molecule has 1 heterocycles. The van der Waals surface area contributed by atoms with Crippen LogP contribution in [0.5, 0.6) is 0 Å². The molecule has 3 N–H and O–H groups in total. The lowest BCUT2D eigenvalue weighted by Crippen LogP contribution is -1.68. The Labute approximate surface area is 47.5 Å². The summed E-state index contributed by atoms with van der Waals surface area (Å²) in [5.41, 5.74) is 0. The Balaban J connectivity index is 0.000000490. The molecular formula is C4H9N3O. The van der Waals surface area contributed by atoms with Crippen LogP contribution in [0.2, 0.25) is 0 Å². The van der Waals surface area contributed by atoms with Crippen molar-refractivity contribution in [3.8, 4) is 0 Å². The van der Waals surface area contributed by atoms with Gasteiger partial charge in [0.1, 0.15) is 0 Å². The minimum absolute atomic E-state index is 0. The van der Waals surface area contributed by atoms with Gasteiger partial charge in [0.25, 0.3) is 0 Å². The number of aromatic nitrogens is 2. The number of hydrogen-bond donors (Lipinski definition) is 1. The van der Waals surface area contributed by atoms with Crippen LogP contribution >= 0.6 is 0 Å². The summed E-state index contributed by atoms with van der Waals surface area (Å²) < 4.78 is 4.86. The molecule has 0 aromatic carbocycles. The molecule has 0 spiro atoms. The molecule has 46 valence electrons. The first-order chi connectivity index (χ1) is 3.29. The van der Waals surface area contributed by atoms with E-state index >= 15 is 0 Å². The molecular weight excluding hydrogens is 106 g/mol. The molecule has 0 aliphatic carbocycles. The van der Waals surface area contributed by atoms with Crippen molar-refractivity contribution in [1.82, 2.24) is 16.3 Å². The zero-order chi connectivity index (χ0) is 5.28. The second kappa shape index (κ2) is 2.42. The van der Waals surface area contributed by atoms with Gasteiger partial charge in [-0.2, -0.15) is 0 Å². The minimum Gasteiger partial charge on any atom is -0.426 e. The van der Waals surface area contributed by atoms with Gasteiger partial charge < -0.3 is 10.6 Å². The van der Waals surface area contributed by atoms with Crippen molar-refractivity contribution in [2.24, 2.45) is 0 Å². The van der Waals surface area contributed by atoms with Gasteiger partial charge >= 0.3 is 0 Å². The van der Waals surface area contributed by atoms with Crippen LogP contribution in [0.4, 0.5) is 0 Å². The molecule has 1 rings (SSSR count). The lowest BCUT2D eigenvalue weighted by Gasteiger charge is -1.70. The molecule has 1 aromatic heterocycles. The van der Waals surface area contributed by atoms with Crippen LogP contribution in [-0.2, 0) is 0 Å². The van der Waals surface area contributed by atoms with Gasteiger partial charge in [-0.25, -0.2) is 0 Å². The average molecular weight is 115 g/mol. The lowest BCUT2D eigenvalue weighted by molar-refractivity contribution is 0.489. The molecule has 4 heteroatoms. The molecule has 0 aliphatic rings. The second-order valence-electron chi connectivity index (χ2n) is 1.34.